The standard InChI is InChI=1S/C7H6O4S.C2H6/c8-6(9)1-4-2-12-3-5(4)7(10)11;1-2/h2-3H,1H2,(H,8,9)(H,10,11);1-2H3. The molecule has 5 heteroatoms. The van der Waals surface area contributed by atoms with Gasteiger partial charge < -0.3 is 10.2 Å². The fourth-order valence-corrected chi connectivity index (χ4v) is 1.64. The second-order valence-corrected chi connectivity index (χ2v) is 2.93. The maximum atomic E-state index is 10.5. The summed E-state index contributed by atoms with van der Waals surface area (Å²) in [7, 11) is 0. The highest BCUT2D eigenvalue weighted by Gasteiger charge is 2.12. The van der Waals surface area contributed by atoms with Crippen molar-refractivity contribution in [2.75, 3.05) is 0 Å². The lowest BCUT2D eigenvalue weighted by molar-refractivity contribution is -0.136. The zero-order chi connectivity index (χ0) is 11.1. The first-order valence-electron chi connectivity index (χ1n) is 4.11. The van der Waals surface area contributed by atoms with Gasteiger partial charge in [0.25, 0.3) is 0 Å². The first-order valence-corrected chi connectivity index (χ1v) is 5.05. The molecule has 0 aliphatic carbocycles. The number of carboxylic acids is 2. The lowest BCUT2D eigenvalue weighted by atomic mass is 10.1. The largest absolute Gasteiger partial charge is 0.481 e. The quantitative estimate of drug-likeness (QED) is 0.811. The van der Waals surface area contributed by atoms with E-state index < -0.39 is 11.9 Å². The van der Waals surface area contributed by atoms with E-state index in [2.05, 4.69) is 0 Å². The summed E-state index contributed by atoms with van der Waals surface area (Å²) in [6.07, 6.45) is -0.231. The zero-order valence-corrected chi connectivity index (χ0v) is 8.80. The molecule has 0 spiro atoms. The lowest BCUT2D eigenvalue weighted by Crippen LogP contribution is -2.04. The van der Waals surface area contributed by atoms with Gasteiger partial charge in [0, 0.05) is 5.38 Å². The van der Waals surface area contributed by atoms with Gasteiger partial charge in [0.15, 0.2) is 0 Å². The molecule has 0 atom stereocenters. The Labute approximate surface area is 85.8 Å². The third-order valence-corrected chi connectivity index (χ3v) is 2.11. The fraction of sp³-hybridized carbons (Fsp3) is 0.333. The zero-order valence-electron chi connectivity index (χ0n) is 7.98. The maximum Gasteiger partial charge on any atom is 0.336 e. The van der Waals surface area contributed by atoms with Crippen LogP contribution in [0, 0.1) is 0 Å². The van der Waals surface area contributed by atoms with E-state index in [1.165, 1.54) is 22.1 Å². The monoisotopic (exact) mass is 216 g/mol. The average Bonchev–Trinajstić information content (AvgIpc) is 2.55. The Hall–Kier alpha value is -1.36. The first-order chi connectivity index (χ1) is 6.61. The van der Waals surface area contributed by atoms with Crippen LogP contribution in [0.25, 0.3) is 0 Å². The Bertz CT molecular complexity index is 316. The van der Waals surface area contributed by atoms with E-state index >= 15 is 0 Å². The third kappa shape index (κ3) is 3.57. The second-order valence-electron chi connectivity index (χ2n) is 2.19. The highest BCUT2D eigenvalue weighted by atomic mass is 32.1. The number of carboxylic acid groups (broad SMARTS) is 2. The van der Waals surface area contributed by atoms with Crippen LogP contribution in [0.3, 0.4) is 0 Å². The second kappa shape index (κ2) is 6.15. The summed E-state index contributed by atoms with van der Waals surface area (Å²) in [5.41, 5.74) is 0.447. The van der Waals surface area contributed by atoms with Gasteiger partial charge in [-0.2, -0.15) is 11.3 Å². The predicted molar refractivity (Wildman–Crippen MR) is 54.0 cm³/mol. The molecule has 0 bridgehead atoms. The van der Waals surface area contributed by atoms with Crippen LogP contribution in [-0.2, 0) is 11.2 Å². The molecule has 1 aromatic rings. The van der Waals surface area contributed by atoms with Crippen LogP contribution < -0.4 is 0 Å². The van der Waals surface area contributed by atoms with Gasteiger partial charge in [0.2, 0.25) is 0 Å². The van der Waals surface area contributed by atoms with Crippen molar-refractivity contribution >= 4 is 23.3 Å². The topological polar surface area (TPSA) is 74.6 Å². The molecular weight excluding hydrogens is 204 g/mol. The van der Waals surface area contributed by atoms with E-state index in [1.807, 2.05) is 13.8 Å². The van der Waals surface area contributed by atoms with Crippen molar-refractivity contribution < 1.29 is 19.8 Å². The van der Waals surface area contributed by atoms with Gasteiger partial charge in [0.1, 0.15) is 0 Å². The van der Waals surface area contributed by atoms with E-state index in [9.17, 15) is 9.59 Å². The van der Waals surface area contributed by atoms with E-state index in [-0.39, 0.29) is 12.0 Å². The van der Waals surface area contributed by atoms with E-state index in [1.54, 1.807) is 0 Å². The molecule has 1 aromatic heterocycles. The molecule has 0 fully saturated rings. The summed E-state index contributed by atoms with van der Waals surface area (Å²) in [6.45, 7) is 4.00. The molecule has 1 rings (SSSR count). The number of aliphatic carboxylic acids is 1. The predicted octanol–water partition coefficient (Wildman–Crippen LogP) is 2.10. The third-order valence-electron chi connectivity index (χ3n) is 1.31. The van der Waals surface area contributed by atoms with Crippen molar-refractivity contribution in [3.63, 3.8) is 0 Å². The minimum atomic E-state index is -1.08. The minimum Gasteiger partial charge on any atom is -0.481 e. The SMILES string of the molecule is CC.O=C(O)Cc1cscc1C(=O)O. The molecule has 1 heterocycles. The van der Waals surface area contributed by atoms with Crippen LogP contribution in [0.5, 0.6) is 0 Å². The molecule has 0 aliphatic heterocycles. The fourth-order valence-electron chi connectivity index (χ4n) is 0.811. The highest BCUT2D eigenvalue weighted by Crippen LogP contribution is 2.15. The Balaban J connectivity index is 0.000000791. The van der Waals surface area contributed by atoms with Crippen molar-refractivity contribution in [1.82, 2.24) is 0 Å². The van der Waals surface area contributed by atoms with E-state index in [0.717, 1.165) is 0 Å². The first kappa shape index (κ1) is 12.6. The molecule has 78 valence electrons. The van der Waals surface area contributed by atoms with Crippen LogP contribution in [0.2, 0.25) is 0 Å². The highest BCUT2D eigenvalue weighted by molar-refractivity contribution is 7.08. The summed E-state index contributed by atoms with van der Waals surface area (Å²) in [5, 5.41) is 20.0. The van der Waals surface area contributed by atoms with Crippen molar-refractivity contribution in [2.24, 2.45) is 0 Å². The van der Waals surface area contributed by atoms with E-state index in [0.29, 0.717) is 5.56 Å². The Morgan fingerprint density at radius 3 is 2.29 bits per heavy atom. The van der Waals surface area contributed by atoms with Crippen LogP contribution in [0.4, 0.5) is 0 Å². The molecule has 4 nitrogen and oxygen atoms in total. The van der Waals surface area contributed by atoms with Gasteiger partial charge in [-0.25, -0.2) is 4.79 Å². The molecule has 0 saturated carbocycles. The molecular formula is C9H12O4S. The van der Waals surface area contributed by atoms with Crippen molar-refractivity contribution in [3.8, 4) is 0 Å². The van der Waals surface area contributed by atoms with Gasteiger partial charge in [-0.1, -0.05) is 13.8 Å². The van der Waals surface area contributed by atoms with Crippen molar-refractivity contribution in [3.05, 3.63) is 21.9 Å². The molecule has 0 unspecified atom stereocenters. The smallest absolute Gasteiger partial charge is 0.336 e. The van der Waals surface area contributed by atoms with Crippen molar-refractivity contribution in [1.29, 1.82) is 0 Å². The normalized spacial score (nSPS) is 8.71. The number of hydrogen-bond donors (Lipinski definition) is 2. The van der Waals surface area contributed by atoms with Crippen LogP contribution in [0.1, 0.15) is 29.8 Å². The van der Waals surface area contributed by atoms with Gasteiger partial charge in [0.05, 0.1) is 12.0 Å². The molecule has 0 aliphatic rings. The Morgan fingerprint density at radius 2 is 1.86 bits per heavy atom. The Morgan fingerprint density at radius 1 is 1.29 bits per heavy atom. The summed E-state index contributed by atoms with van der Waals surface area (Å²) in [5.74, 6) is -2.09. The molecule has 0 amide bonds. The summed E-state index contributed by atoms with van der Waals surface area (Å²) in [6, 6.07) is 0. The van der Waals surface area contributed by atoms with Gasteiger partial charge in [-0.3, -0.25) is 4.79 Å². The maximum absolute atomic E-state index is 10.5. The minimum absolute atomic E-state index is 0.0856. The lowest BCUT2D eigenvalue weighted by Gasteiger charge is -1.93. The van der Waals surface area contributed by atoms with Crippen LogP contribution in [0.15, 0.2) is 10.8 Å². The van der Waals surface area contributed by atoms with Gasteiger partial charge >= 0.3 is 11.9 Å². The molecule has 2 N–H and O–H groups in total. The number of hydrogen-bond acceptors (Lipinski definition) is 3. The number of rotatable bonds is 3. The summed E-state index contributed by atoms with van der Waals surface area (Å²) < 4.78 is 0. The molecule has 14 heavy (non-hydrogen) atoms. The molecule has 0 aromatic carbocycles. The summed E-state index contributed by atoms with van der Waals surface area (Å²) in [4.78, 5) is 20.7. The van der Waals surface area contributed by atoms with Crippen LogP contribution >= 0.6 is 11.3 Å². The summed E-state index contributed by atoms with van der Waals surface area (Å²) >= 11 is 1.19. The number of carbonyl (C=O) groups is 2. The van der Waals surface area contributed by atoms with Gasteiger partial charge in [-0.15, -0.1) is 0 Å². The number of thiophene rings is 1. The van der Waals surface area contributed by atoms with Crippen molar-refractivity contribution in [2.45, 2.75) is 20.3 Å². The number of aromatic carboxylic acids is 1. The molecule has 0 radical (unpaired) electrons. The molecule has 0 saturated heterocycles. The van der Waals surface area contributed by atoms with Crippen LogP contribution in [-0.4, -0.2) is 22.2 Å². The average molecular weight is 216 g/mol. The van der Waals surface area contributed by atoms with E-state index in [4.69, 9.17) is 10.2 Å². The Kier molecular flexibility index (Phi) is 5.55. The van der Waals surface area contributed by atoms with Gasteiger partial charge in [-0.05, 0) is 10.9 Å².